The van der Waals surface area contributed by atoms with Crippen molar-refractivity contribution in [3.63, 3.8) is 0 Å². The van der Waals surface area contributed by atoms with Crippen molar-refractivity contribution in [2.45, 2.75) is 25.4 Å². The normalized spacial score (nSPS) is 14.3. The molecule has 9 heteroatoms. The van der Waals surface area contributed by atoms with Crippen molar-refractivity contribution in [1.82, 2.24) is 10.2 Å². The second-order valence-electron chi connectivity index (χ2n) is 7.78. The number of nitrogens with zero attached hydrogens (tertiary/aromatic N) is 1. The van der Waals surface area contributed by atoms with E-state index in [0.717, 1.165) is 43.7 Å². The molecule has 8 nitrogen and oxygen atoms in total. The summed E-state index contributed by atoms with van der Waals surface area (Å²) in [7, 11) is 8.14. The molecule has 33 heavy (non-hydrogen) atoms. The van der Waals surface area contributed by atoms with Gasteiger partial charge in [0.15, 0.2) is 16.6 Å². The quantitative estimate of drug-likeness (QED) is 0.528. The van der Waals surface area contributed by atoms with Crippen molar-refractivity contribution in [2.75, 3.05) is 54.0 Å². The van der Waals surface area contributed by atoms with Gasteiger partial charge in [0.05, 0.1) is 35.5 Å². The molecule has 2 N–H and O–H groups in total. The Bertz CT molecular complexity index is 900. The summed E-state index contributed by atoms with van der Waals surface area (Å²) in [5.74, 6) is 3.38. The van der Waals surface area contributed by atoms with E-state index in [1.165, 1.54) is 0 Å². The Kier molecular flexibility index (Phi) is 8.85. The fraction of sp³-hybridized carbons (Fsp3) is 0.458. The number of ether oxygens (including phenoxy) is 5. The third kappa shape index (κ3) is 6.55. The highest BCUT2D eigenvalue weighted by molar-refractivity contribution is 7.80. The topological polar surface area (TPSA) is 73.5 Å². The minimum absolute atomic E-state index is 0.314. The molecular formula is C24H33N3O5S. The largest absolute Gasteiger partial charge is 0.497 e. The monoisotopic (exact) mass is 475 g/mol. The Hall–Kier alpha value is -2.91. The Labute approximate surface area is 201 Å². The molecule has 1 fully saturated rings. The predicted octanol–water partition coefficient (Wildman–Crippen LogP) is 3.68. The van der Waals surface area contributed by atoms with Crippen LogP contribution < -0.4 is 34.3 Å². The third-order valence-corrected chi connectivity index (χ3v) is 5.88. The maximum atomic E-state index is 5.53. The van der Waals surface area contributed by atoms with Crippen LogP contribution in [0.25, 0.3) is 0 Å². The molecule has 0 aromatic heterocycles. The molecule has 0 amide bonds. The molecule has 3 rings (SSSR count). The van der Waals surface area contributed by atoms with Crippen LogP contribution in [0.15, 0.2) is 30.3 Å². The fourth-order valence-corrected chi connectivity index (χ4v) is 4.24. The van der Waals surface area contributed by atoms with Gasteiger partial charge in [-0.15, -0.1) is 0 Å². The molecule has 2 aromatic rings. The Morgan fingerprint density at radius 3 is 1.91 bits per heavy atom. The van der Waals surface area contributed by atoms with E-state index in [1.54, 1.807) is 35.5 Å². The minimum Gasteiger partial charge on any atom is -0.497 e. The van der Waals surface area contributed by atoms with Crippen LogP contribution in [-0.2, 0) is 6.54 Å². The molecule has 1 saturated heterocycles. The van der Waals surface area contributed by atoms with Gasteiger partial charge in [0.1, 0.15) is 11.5 Å². The van der Waals surface area contributed by atoms with Crippen molar-refractivity contribution in [1.29, 1.82) is 0 Å². The zero-order valence-corrected chi connectivity index (χ0v) is 20.7. The smallest absolute Gasteiger partial charge is 0.203 e. The summed E-state index contributed by atoms with van der Waals surface area (Å²) in [6.45, 7) is 2.74. The van der Waals surface area contributed by atoms with Crippen molar-refractivity contribution < 1.29 is 23.7 Å². The van der Waals surface area contributed by atoms with Gasteiger partial charge in [0, 0.05) is 49.6 Å². The third-order valence-electron chi connectivity index (χ3n) is 5.66. The zero-order chi connectivity index (χ0) is 23.8. The molecule has 1 aliphatic heterocycles. The average Bonchev–Trinajstić information content (AvgIpc) is 2.84. The lowest BCUT2D eigenvalue weighted by Crippen LogP contribution is -2.45. The predicted molar refractivity (Wildman–Crippen MR) is 133 cm³/mol. The first-order chi connectivity index (χ1) is 16.0. The van der Waals surface area contributed by atoms with E-state index in [1.807, 2.05) is 30.3 Å². The van der Waals surface area contributed by atoms with Gasteiger partial charge in [-0.3, -0.25) is 4.90 Å². The first-order valence-electron chi connectivity index (χ1n) is 10.8. The maximum absolute atomic E-state index is 5.53. The van der Waals surface area contributed by atoms with E-state index >= 15 is 0 Å². The number of rotatable bonds is 9. The summed E-state index contributed by atoms with van der Waals surface area (Å²) in [6.07, 6.45) is 1.99. The number of hydrogen-bond acceptors (Lipinski definition) is 7. The van der Waals surface area contributed by atoms with Crippen molar-refractivity contribution >= 4 is 23.0 Å². The standard InChI is InChI=1S/C24H33N3O5S/c1-28-19-12-18(13-20(14-19)29-2)26-24(33)25-17-6-8-27(9-7-17)15-16-10-21(30-3)23(32-5)22(11-16)31-4/h10-14,17H,6-9,15H2,1-5H3,(H2,25,26,33). The summed E-state index contributed by atoms with van der Waals surface area (Å²) >= 11 is 5.53. The maximum Gasteiger partial charge on any atom is 0.203 e. The van der Waals surface area contributed by atoms with E-state index in [2.05, 4.69) is 15.5 Å². The lowest BCUT2D eigenvalue weighted by Gasteiger charge is -2.33. The van der Waals surface area contributed by atoms with E-state index in [0.29, 0.717) is 39.9 Å². The van der Waals surface area contributed by atoms with E-state index in [-0.39, 0.29) is 0 Å². The van der Waals surface area contributed by atoms with Crippen molar-refractivity contribution in [3.05, 3.63) is 35.9 Å². The van der Waals surface area contributed by atoms with Crippen LogP contribution in [0, 0.1) is 0 Å². The van der Waals surface area contributed by atoms with Crippen LogP contribution in [-0.4, -0.2) is 64.7 Å². The molecule has 1 heterocycles. The second kappa shape index (κ2) is 11.8. The molecule has 0 radical (unpaired) electrons. The lowest BCUT2D eigenvalue weighted by atomic mass is 10.0. The highest BCUT2D eigenvalue weighted by Crippen LogP contribution is 2.38. The number of likely N-dealkylation sites (tertiary alicyclic amines) is 1. The SMILES string of the molecule is COc1cc(NC(=S)NC2CCN(Cc3cc(OC)c(OC)c(OC)c3)CC2)cc(OC)c1. The minimum atomic E-state index is 0.314. The van der Waals surface area contributed by atoms with Crippen molar-refractivity contribution in [3.8, 4) is 28.7 Å². The molecule has 1 aliphatic rings. The van der Waals surface area contributed by atoms with Gasteiger partial charge in [-0.1, -0.05) is 0 Å². The molecular weight excluding hydrogens is 442 g/mol. The summed E-state index contributed by atoms with van der Waals surface area (Å²) < 4.78 is 27.0. The average molecular weight is 476 g/mol. The Morgan fingerprint density at radius 2 is 1.42 bits per heavy atom. The van der Waals surface area contributed by atoms with Crippen molar-refractivity contribution in [2.24, 2.45) is 0 Å². The molecule has 180 valence electrons. The molecule has 0 bridgehead atoms. The van der Waals surface area contributed by atoms with E-state index in [9.17, 15) is 0 Å². The number of anilines is 1. The van der Waals surface area contributed by atoms with Crippen LogP contribution >= 0.6 is 12.2 Å². The lowest BCUT2D eigenvalue weighted by molar-refractivity contribution is 0.198. The van der Waals surface area contributed by atoms with Crippen LogP contribution in [0.1, 0.15) is 18.4 Å². The van der Waals surface area contributed by atoms with E-state index < -0.39 is 0 Å². The number of methoxy groups -OCH3 is 5. The fourth-order valence-electron chi connectivity index (χ4n) is 3.95. The highest BCUT2D eigenvalue weighted by Gasteiger charge is 2.21. The summed E-state index contributed by atoms with van der Waals surface area (Å²) in [4.78, 5) is 2.42. The number of nitrogens with one attached hydrogen (secondary N) is 2. The highest BCUT2D eigenvalue weighted by atomic mass is 32.1. The summed E-state index contributed by atoms with van der Waals surface area (Å²) in [6, 6.07) is 9.92. The molecule has 0 saturated carbocycles. The number of benzene rings is 2. The second-order valence-corrected chi connectivity index (χ2v) is 8.19. The van der Waals surface area contributed by atoms with Gasteiger partial charge in [-0.2, -0.15) is 0 Å². The zero-order valence-electron chi connectivity index (χ0n) is 19.9. The molecule has 0 unspecified atom stereocenters. The van der Waals surface area contributed by atoms with Gasteiger partial charge in [-0.05, 0) is 42.8 Å². The van der Waals surface area contributed by atoms with Gasteiger partial charge < -0.3 is 34.3 Å². The van der Waals surface area contributed by atoms with Gasteiger partial charge in [0.2, 0.25) is 5.75 Å². The first-order valence-corrected chi connectivity index (χ1v) is 11.2. The molecule has 0 aliphatic carbocycles. The summed E-state index contributed by atoms with van der Waals surface area (Å²) in [5, 5.41) is 7.26. The molecule has 0 atom stereocenters. The Balaban J connectivity index is 1.53. The number of hydrogen-bond donors (Lipinski definition) is 2. The van der Waals surface area contributed by atoms with Gasteiger partial charge in [0.25, 0.3) is 0 Å². The number of piperidine rings is 1. The Morgan fingerprint density at radius 1 is 0.848 bits per heavy atom. The van der Waals surface area contributed by atoms with Crippen LogP contribution in [0.5, 0.6) is 28.7 Å². The number of thiocarbonyl (C=S) groups is 1. The first kappa shape index (κ1) is 24.7. The molecule has 2 aromatic carbocycles. The van der Waals surface area contributed by atoms with Crippen LogP contribution in [0.3, 0.4) is 0 Å². The molecule has 0 spiro atoms. The van der Waals surface area contributed by atoms with Gasteiger partial charge in [-0.25, -0.2) is 0 Å². The van der Waals surface area contributed by atoms with Gasteiger partial charge >= 0.3 is 0 Å². The van der Waals surface area contributed by atoms with E-state index in [4.69, 9.17) is 35.9 Å². The van der Waals surface area contributed by atoms with Crippen LogP contribution in [0.4, 0.5) is 5.69 Å². The summed E-state index contributed by atoms with van der Waals surface area (Å²) in [5.41, 5.74) is 1.95. The van der Waals surface area contributed by atoms with Crippen LogP contribution in [0.2, 0.25) is 0 Å².